The Morgan fingerprint density at radius 3 is 3.06 bits per heavy atom. The number of carbonyl (C=O) groups is 1. The number of halogens is 1. The molecule has 1 aromatic carbocycles. The van der Waals surface area contributed by atoms with E-state index in [1.165, 1.54) is 0 Å². The first kappa shape index (κ1) is 12.6. The van der Waals surface area contributed by atoms with E-state index in [9.17, 15) is 4.79 Å². The van der Waals surface area contributed by atoms with Gasteiger partial charge < -0.3 is 15.2 Å². The molecule has 0 unspecified atom stereocenters. The van der Waals surface area contributed by atoms with Crippen molar-refractivity contribution in [3.05, 3.63) is 47.5 Å². The zero-order chi connectivity index (χ0) is 12.8. The highest BCUT2D eigenvalue weighted by atomic mass is 79.9. The van der Waals surface area contributed by atoms with Crippen LogP contribution < -0.4 is 10.6 Å². The van der Waals surface area contributed by atoms with Crippen molar-refractivity contribution >= 4 is 27.6 Å². The molecule has 18 heavy (non-hydrogen) atoms. The van der Waals surface area contributed by atoms with E-state index in [1.807, 2.05) is 35.0 Å². The number of carbonyl (C=O) groups excluding carboxylic acids is 1. The van der Waals surface area contributed by atoms with E-state index in [0.717, 1.165) is 10.2 Å². The predicted molar refractivity (Wildman–Crippen MR) is 73.4 cm³/mol. The van der Waals surface area contributed by atoms with E-state index < -0.39 is 0 Å². The molecule has 2 amide bonds. The van der Waals surface area contributed by atoms with Crippen LogP contribution in [0.3, 0.4) is 0 Å². The Balaban J connectivity index is 1.75. The molecule has 0 fully saturated rings. The summed E-state index contributed by atoms with van der Waals surface area (Å²) < 4.78 is 2.83. The lowest BCUT2D eigenvalue weighted by molar-refractivity contribution is 0.251. The van der Waals surface area contributed by atoms with Crippen molar-refractivity contribution < 1.29 is 4.79 Å². The van der Waals surface area contributed by atoms with E-state index in [0.29, 0.717) is 13.1 Å². The monoisotopic (exact) mass is 308 g/mol. The Labute approximate surface area is 113 Å². The minimum absolute atomic E-state index is 0.215. The number of anilines is 1. The summed E-state index contributed by atoms with van der Waals surface area (Å²) in [6.07, 6.45) is 5.28. The summed E-state index contributed by atoms with van der Waals surface area (Å²) in [5, 5.41) is 5.53. The fourth-order valence-corrected chi connectivity index (χ4v) is 1.86. The Morgan fingerprint density at radius 1 is 1.44 bits per heavy atom. The quantitative estimate of drug-likeness (QED) is 0.911. The maximum Gasteiger partial charge on any atom is 0.319 e. The molecule has 0 bridgehead atoms. The largest absolute Gasteiger partial charge is 0.336 e. The fraction of sp³-hybridized carbons (Fsp3) is 0.167. The van der Waals surface area contributed by atoms with Gasteiger partial charge in [0.1, 0.15) is 0 Å². The number of rotatable bonds is 4. The van der Waals surface area contributed by atoms with Crippen molar-refractivity contribution in [2.24, 2.45) is 0 Å². The Morgan fingerprint density at radius 2 is 2.33 bits per heavy atom. The highest BCUT2D eigenvalue weighted by Gasteiger charge is 2.01. The first-order chi connectivity index (χ1) is 8.74. The highest BCUT2D eigenvalue weighted by molar-refractivity contribution is 9.10. The number of benzene rings is 1. The molecule has 0 atom stereocenters. The minimum Gasteiger partial charge on any atom is -0.336 e. The second-order valence-electron chi connectivity index (χ2n) is 3.69. The van der Waals surface area contributed by atoms with Gasteiger partial charge >= 0.3 is 6.03 Å². The van der Waals surface area contributed by atoms with Crippen molar-refractivity contribution in [1.29, 1.82) is 0 Å². The van der Waals surface area contributed by atoms with E-state index in [1.54, 1.807) is 12.5 Å². The zero-order valence-corrected chi connectivity index (χ0v) is 11.2. The molecule has 0 aliphatic rings. The molecule has 2 N–H and O–H groups in total. The van der Waals surface area contributed by atoms with E-state index >= 15 is 0 Å². The zero-order valence-electron chi connectivity index (χ0n) is 9.64. The van der Waals surface area contributed by atoms with Gasteiger partial charge in [-0.15, -0.1) is 0 Å². The summed E-state index contributed by atoms with van der Waals surface area (Å²) in [5.74, 6) is 0. The first-order valence-corrected chi connectivity index (χ1v) is 6.29. The van der Waals surface area contributed by atoms with Crippen LogP contribution in [0.25, 0.3) is 0 Å². The molecule has 2 aromatic rings. The standard InChI is InChI=1S/C12H13BrN4O/c13-10-2-1-3-11(8-10)16-12(18)15-5-7-17-6-4-14-9-17/h1-4,6,8-9H,5,7H2,(H2,15,16,18). The lowest BCUT2D eigenvalue weighted by atomic mass is 10.3. The number of hydrogen-bond acceptors (Lipinski definition) is 2. The summed E-state index contributed by atoms with van der Waals surface area (Å²) in [6.45, 7) is 1.25. The molecule has 1 heterocycles. The van der Waals surface area contributed by atoms with Gasteiger partial charge in [0, 0.05) is 35.6 Å². The van der Waals surface area contributed by atoms with Gasteiger partial charge in [-0.2, -0.15) is 0 Å². The van der Waals surface area contributed by atoms with Gasteiger partial charge in [0.2, 0.25) is 0 Å². The second kappa shape index (κ2) is 6.20. The molecule has 94 valence electrons. The highest BCUT2D eigenvalue weighted by Crippen LogP contribution is 2.15. The van der Waals surface area contributed by atoms with Crippen molar-refractivity contribution in [2.45, 2.75) is 6.54 Å². The molecule has 0 aliphatic heterocycles. The predicted octanol–water partition coefficient (Wildman–Crippen LogP) is 2.47. The topological polar surface area (TPSA) is 59.0 Å². The molecule has 6 heteroatoms. The van der Waals surface area contributed by atoms with Gasteiger partial charge in [0.05, 0.1) is 6.33 Å². The third kappa shape index (κ3) is 3.89. The maximum atomic E-state index is 11.6. The van der Waals surface area contributed by atoms with Gasteiger partial charge in [0.25, 0.3) is 0 Å². The summed E-state index contributed by atoms with van der Waals surface area (Å²) in [6, 6.07) is 7.23. The smallest absolute Gasteiger partial charge is 0.319 e. The van der Waals surface area contributed by atoms with Gasteiger partial charge in [-0.1, -0.05) is 22.0 Å². The molecule has 0 aliphatic carbocycles. The molecule has 0 spiro atoms. The van der Waals surface area contributed by atoms with Crippen LogP contribution in [0.4, 0.5) is 10.5 Å². The molecule has 0 saturated heterocycles. The van der Waals surface area contributed by atoms with Crippen LogP contribution in [0.5, 0.6) is 0 Å². The minimum atomic E-state index is -0.215. The average molecular weight is 309 g/mol. The third-order valence-electron chi connectivity index (χ3n) is 2.30. The molecule has 0 radical (unpaired) electrons. The van der Waals surface area contributed by atoms with Crippen LogP contribution in [0, 0.1) is 0 Å². The van der Waals surface area contributed by atoms with Crippen LogP contribution in [0.15, 0.2) is 47.5 Å². The SMILES string of the molecule is O=C(NCCn1ccnc1)Nc1cccc(Br)c1. The summed E-state index contributed by atoms with van der Waals surface area (Å²) in [5.41, 5.74) is 0.754. The van der Waals surface area contributed by atoms with E-state index in [-0.39, 0.29) is 6.03 Å². The molecular weight excluding hydrogens is 296 g/mol. The Kier molecular flexibility index (Phi) is 4.35. The van der Waals surface area contributed by atoms with Crippen molar-refractivity contribution in [1.82, 2.24) is 14.9 Å². The number of nitrogens with one attached hydrogen (secondary N) is 2. The van der Waals surface area contributed by atoms with Gasteiger partial charge in [-0.3, -0.25) is 0 Å². The van der Waals surface area contributed by atoms with Crippen LogP contribution in [0.2, 0.25) is 0 Å². The van der Waals surface area contributed by atoms with Crippen LogP contribution in [-0.4, -0.2) is 22.1 Å². The van der Waals surface area contributed by atoms with Crippen molar-refractivity contribution in [3.63, 3.8) is 0 Å². The molecule has 2 rings (SSSR count). The number of aromatic nitrogens is 2. The lowest BCUT2D eigenvalue weighted by Gasteiger charge is -2.08. The number of urea groups is 1. The number of hydrogen-bond donors (Lipinski definition) is 2. The number of amides is 2. The second-order valence-corrected chi connectivity index (χ2v) is 4.61. The molecule has 5 nitrogen and oxygen atoms in total. The Bertz CT molecular complexity index is 513. The van der Waals surface area contributed by atoms with Gasteiger partial charge in [0.15, 0.2) is 0 Å². The van der Waals surface area contributed by atoms with Crippen molar-refractivity contribution in [3.8, 4) is 0 Å². The molecule has 0 saturated carbocycles. The molecular formula is C12H13BrN4O. The summed E-state index contributed by atoms with van der Waals surface area (Å²) in [4.78, 5) is 15.5. The summed E-state index contributed by atoms with van der Waals surface area (Å²) in [7, 11) is 0. The summed E-state index contributed by atoms with van der Waals surface area (Å²) >= 11 is 3.35. The number of nitrogens with zero attached hydrogens (tertiary/aromatic N) is 2. The third-order valence-corrected chi connectivity index (χ3v) is 2.79. The normalized spacial score (nSPS) is 10.1. The average Bonchev–Trinajstić information content (AvgIpc) is 2.82. The van der Waals surface area contributed by atoms with Crippen LogP contribution in [-0.2, 0) is 6.54 Å². The Hall–Kier alpha value is -1.82. The number of imidazole rings is 1. The lowest BCUT2D eigenvalue weighted by Crippen LogP contribution is -2.31. The fourth-order valence-electron chi connectivity index (χ4n) is 1.46. The van der Waals surface area contributed by atoms with Gasteiger partial charge in [-0.05, 0) is 18.2 Å². The van der Waals surface area contributed by atoms with Crippen molar-refractivity contribution in [2.75, 3.05) is 11.9 Å². The first-order valence-electron chi connectivity index (χ1n) is 5.50. The van der Waals surface area contributed by atoms with E-state index in [2.05, 4.69) is 31.5 Å². The van der Waals surface area contributed by atoms with Crippen LogP contribution in [0.1, 0.15) is 0 Å². The molecule has 1 aromatic heterocycles. The van der Waals surface area contributed by atoms with E-state index in [4.69, 9.17) is 0 Å². The van der Waals surface area contributed by atoms with Crippen LogP contribution >= 0.6 is 15.9 Å². The maximum absolute atomic E-state index is 11.6. The van der Waals surface area contributed by atoms with Gasteiger partial charge in [-0.25, -0.2) is 9.78 Å².